The Labute approximate surface area is 93.3 Å². The summed E-state index contributed by atoms with van der Waals surface area (Å²) >= 11 is 0. The summed E-state index contributed by atoms with van der Waals surface area (Å²) in [6.45, 7) is 6.14. The smallest absolute Gasteiger partial charge is 0.0537 e. The van der Waals surface area contributed by atoms with Crippen LogP contribution >= 0.6 is 0 Å². The molecule has 1 rings (SSSR count). The van der Waals surface area contributed by atoms with E-state index in [1.54, 1.807) is 6.26 Å². The molecule has 0 aliphatic heterocycles. The summed E-state index contributed by atoms with van der Waals surface area (Å²) < 4.78 is 11.0. The number of aromatic amines is 1. The molecule has 15 heavy (non-hydrogen) atoms. The third-order valence-electron chi connectivity index (χ3n) is 2.35. The van der Waals surface area contributed by atoms with Gasteiger partial charge in [0.1, 0.15) is 0 Å². The van der Waals surface area contributed by atoms with Crippen molar-refractivity contribution in [2.75, 3.05) is 12.0 Å². The lowest BCUT2D eigenvalue weighted by molar-refractivity contribution is 0.506. The molecular weight excluding hydrogens is 210 g/mol. The normalized spacial score (nSPS) is 17.3. The van der Waals surface area contributed by atoms with Crippen LogP contribution < -0.4 is 5.32 Å². The Bertz CT molecular complexity index is 337. The second-order valence-electron chi connectivity index (χ2n) is 3.98. The molecule has 3 unspecified atom stereocenters. The van der Waals surface area contributed by atoms with Gasteiger partial charge in [0, 0.05) is 46.1 Å². The number of nitrogens with one attached hydrogen (secondary N) is 2. The van der Waals surface area contributed by atoms with Crippen LogP contribution in [0.5, 0.6) is 0 Å². The summed E-state index contributed by atoms with van der Waals surface area (Å²) in [6, 6.07) is 0.488. The number of hydrogen-bond donors (Lipinski definition) is 2. The second kappa shape index (κ2) is 5.42. The third-order valence-corrected chi connectivity index (χ3v) is 3.32. The van der Waals surface area contributed by atoms with Crippen molar-refractivity contribution >= 4 is 10.8 Å². The van der Waals surface area contributed by atoms with E-state index in [-0.39, 0.29) is 12.1 Å². The van der Waals surface area contributed by atoms with Crippen LogP contribution in [0.3, 0.4) is 0 Å². The Morgan fingerprint density at radius 3 is 2.73 bits per heavy atom. The molecule has 1 heterocycles. The molecule has 0 aliphatic carbocycles. The van der Waals surface area contributed by atoms with Gasteiger partial charge in [0.25, 0.3) is 0 Å². The van der Waals surface area contributed by atoms with Gasteiger partial charge in [0.15, 0.2) is 0 Å². The quantitative estimate of drug-likeness (QED) is 0.796. The molecule has 0 radical (unpaired) electrons. The molecular formula is C10H19N3OS. The van der Waals surface area contributed by atoms with Crippen LogP contribution in [0.2, 0.25) is 0 Å². The van der Waals surface area contributed by atoms with Crippen molar-refractivity contribution in [3.05, 3.63) is 17.5 Å². The van der Waals surface area contributed by atoms with Crippen LogP contribution in [0.25, 0.3) is 0 Å². The minimum atomic E-state index is -0.750. The number of hydrogen-bond acceptors (Lipinski definition) is 3. The van der Waals surface area contributed by atoms with E-state index in [0.29, 0.717) is 5.75 Å². The molecule has 0 saturated carbocycles. The van der Waals surface area contributed by atoms with Gasteiger partial charge in [-0.3, -0.25) is 9.31 Å². The van der Waals surface area contributed by atoms with Gasteiger partial charge in [0.05, 0.1) is 6.20 Å². The first-order chi connectivity index (χ1) is 7.00. The van der Waals surface area contributed by atoms with Crippen LogP contribution in [0.1, 0.15) is 31.1 Å². The maximum Gasteiger partial charge on any atom is 0.0537 e. The fourth-order valence-corrected chi connectivity index (χ4v) is 2.51. The van der Waals surface area contributed by atoms with E-state index in [4.69, 9.17) is 0 Å². The lowest BCUT2D eigenvalue weighted by Crippen LogP contribution is -2.33. The van der Waals surface area contributed by atoms with E-state index in [1.165, 1.54) is 5.56 Å². The molecule has 2 N–H and O–H groups in total. The predicted molar refractivity (Wildman–Crippen MR) is 63.3 cm³/mol. The molecule has 0 bridgehead atoms. The summed E-state index contributed by atoms with van der Waals surface area (Å²) in [5.41, 5.74) is 2.25. The standard InChI is InChI=1S/C10H19N3OS/c1-7(6-15(4)14)12-8(2)10-5-11-13-9(10)3/h5,7-8,12H,6H2,1-4H3,(H,11,13). The highest BCUT2D eigenvalue weighted by atomic mass is 32.2. The van der Waals surface area contributed by atoms with E-state index in [1.807, 2.05) is 20.0 Å². The highest BCUT2D eigenvalue weighted by Gasteiger charge is 2.13. The average molecular weight is 229 g/mol. The highest BCUT2D eigenvalue weighted by molar-refractivity contribution is 7.84. The molecule has 3 atom stereocenters. The van der Waals surface area contributed by atoms with Gasteiger partial charge in [-0.15, -0.1) is 0 Å². The van der Waals surface area contributed by atoms with Crippen molar-refractivity contribution in [3.63, 3.8) is 0 Å². The Morgan fingerprint density at radius 1 is 1.60 bits per heavy atom. The molecule has 0 aliphatic rings. The van der Waals surface area contributed by atoms with Crippen molar-refractivity contribution in [2.24, 2.45) is 0 Å². The van der Waals surface area contributed by atoms with Gasteiger partial charge >= 0.3 is 0 Å². The molecule has 1 aromatic rings. The van der Waals surface area contributed by atoms with Crippen molar-refractivity contribution in [1.82, 2.24) is 15.5 Å². The first-order valence-corrected chi connectivity index (χ1v) is 6.79. The topological polar surface area (TPSA) is 57.8 Å². The SMILES string of the molecule is Cc1[nH]ncc1C(C)NC(C)CS(C)=O. The molecule has 86 valence electrons. The molecule has 0 saturated heterocycles. The van der Waals surface area contributed by atoms with Crippen LogP contribution in [-0.2, 0) is 10.8 Å². The Balaban J connectivity index is 2.52. The van der Waals surface area contributed by atoms with Gasteiger partial charge in [0.2, 0.25) is 0 Å². The van der Waals surface area contributed by atoms with Gasteiger partial charge < -0.3 is 5.32 Å². The first-order valence-electron chi connectivity index (χ1n) is 5.06. The number of aromatic nitrogens is 2. The number of aryl methyl sites for hydroxylation is 1. The Morgan fingerprint density at radius 2 is 2.27 bits per heavy atom. The van der Waals surface area contributed by atoms with Gasteiger partial charge in [-0.25, -0.2) is 0 Å². The van der Waals surface area contributed by atoms with E-state index in [2.05, 4.69) is 22.4 Å². The third kappa shape index (κ3) is 3.76. The molecule has 0 amide bonds. The maximum absolute atomic E-state index is 11.0. The molecule has 0 spiro atoms. The van der Waals surface area contributed by atoms with E-state index < -0.39 is 10.8 Å². The molecule has 1 aromatic heterocycles. The summed E-state index contributed by atoms with van der Waals surface area (Å²) in [7, 11) is -0.750. The monoisotopic (exact) mass is 229 g/mol. The first kappa shape index (κ1) is 12.4. The largest absolute Gasteiger partial charge is 0.307 e. The fourth-order valence-electron chi connectivity index (χ4n) is 1.71. The summed E-state index contributed by atoms with van der Waals surface area (Å²) in [5, 5.41) is 10.3. The number of nitrogens with zero attached hydrogens (tertiary/aromatic N) is 1. The average Bonchev–Trinajstić information content (AvgIpc) is 2.49. The van der Waals surface area contributed by atoms with Crippen molar-refractivity contribution < 1.29 is 4.21 Å². The van der Waals surface area contributed by atoms with E-state index in [0.717, 1.165) is 5.69 Å². The van der Waals surface area contributed by atoms with Crippen LogP contribution in [0.4, 0.5) is 0 Å². The Hall–Kier alpha value is -0.680. The van der Waals surface area contributed by atoms with Gasteiger partial charge in [-0.05, 0) is 20.8 Å². The van der Waals surface area contributed by atoms with Crippen LogP contribution in [-0.4, -0.2) is 32.5 Å². The fraction of sp³-hybridized carbons (Fsp3) is 0.700. The summed E-state index contributed by atoms with van der Waals surface area (Å²) in [5.74, 6) is 0.682. The molecule has 0 fully saturated rings. The van der Waals surface area contributed by atoms with Crippen molar-refractivity contribution in [2.45, 2.75) is 32.9 Å². The van der Waals surface area contributed by atoms with Crippen molar-refractivity contribution in [1.29, 1.82) is 0 Å². The van der Waals surface area contributed by atoms with Crippen molar-refractivity contribution in [3.8, 4) is 0 Å². The van der Waals surface area contributed by atoms with Crippen LogP contribution in [0.15, 0.2) is 6.20 Å². The lowest BCUT2D eigenvalue weighted by Gasteiger charge is -2.18. The lowest BCUT2D eigenvalue weighted by atomic mass is 10.1. The minimum absolute atomic E-state index is 0.238. The zero-order valence-electron chi connectivity index (χ0n) is 9.70. The molecule has 5 heteroatoms. The van der Waals surface area contributed by atoms with E-state index >= 15 is 0 Å². The Kier molecular flexibility index (Phi) is 4.47. The molecule has 0 aromatic carbocycles. The summed E-state index contributed by atoms with van der Waals surface area (Å²) in [4.78, 5) is 0. The minimum Gasteiger partial charge on any atom is -0.307 e. The van der Waals surface area contributed by atoms with Gasteiger partial charge in [-0.1, -0.05) is 0 Å². The second-order valence-corrected chi connectivity index (χ2v) is 5.46. The van der Waals surface area contributed by atoms with E-state index in [9.17, 15) is 4.21 Å². The number of H-pyrrole nitrogens is 1. The van der Waals surface area contributed by atoms with Crippen LogP contribution in [0, 0.1) is 6.92 Å². The number of rotatable bonds is 5. The van der Waals surface area contributed by atoms with Gasteiger partial charge in [-0.2, -0.15) is 5.10 Å². The predicted octanol–water partition coefficient (Wildman–Crippen LogP) is 1.14. The zero-order valence-corrected chi connectivity index (χ0v) is 10.5. The molecule has 4 nitrogen and oxygen atoms in total. The highest BCUT2D eigenvalue weighted by Crippen LogP contribution is 2.14. The summed E-state index contributed by atoms with van der Waals surface area (Å²) in [6.07, 6.45) is 3.56. The zero-order chi connectivity index (χ0) is 11.4. The maximum atomic E-state index is 11.0.